The molecular weight excluding hydrogens is 279 g/mol. The average Bonchev–Trinajstić information content (AvgIpc) is 2.28. The van der Waals surface area contributed by atoms with E-state index >= 15 is 0 Å². The maximum absolute atomic E-state index is 13.2. The summed E-state index contributed by atoms with van der Waals surface area (Å²) in [6, 6.07) is 2.59. The van der Waals surface area contributed by atoms with Gasteiger partial charge in [0.05, 0.1) is 6.10 Å². The molecule has 0 radical (unpaired) electrons. The zero-order valence-electron chi connectivity index (χ0n) is 8.27. The van der Waals surface area contributed by atoms with Crippen LogP contribution in [0.5, 0.6) is 0 Å². The van der Waals surface area contributed by atoms with Gasteiger partial charge in [-0.3, -0.25) is 0 Å². The molecule has 0 amide bonds. The minimum atomic E-state index is -1.20. The second kappa shape index (κ2) is 5.89. The molecule has 0 aliphatic carbocycles. The molecule has 0 aliphatic rings. The Morgan fingerprint density at radius 2 is 2.25 bits per heavy atom. The van der Waals surface area contributed by atoms with Crippen LogP contribution in [0.3, 0.4) is 0 Å². The van der Waals surface area contributed by atoms with Crippen LogP contribution in [0.15, 0.2) is 12.3 Å². The number of aromatic nitrogens is 1. The van der Waals surface area contributed by atoms with E-state index in [-0.39, 0.29) is 11.3 Å². The summed E-state index contributed by atoms with van der Waals surface area (Å²) in [7, 11) is 0. The van der Waals surface area contributed by atoms with Crippen molar-refractivity contribution in [3.8, 4) is 6.07 Å². The first kappa shape index (κ1) is 13.0. The second-order valence-corrected chi connectivity index (χ2v) is 3.99. The zero-order chi connectivity index (χ0) is 12.1. The van der Waals surface area contributed by atoms with Gasteiger partial charge >= 0.3 is 0 Å². The van der Waals surface area contributed by atoms with E-state index in [1.807, 2.05) is 0 Å². The Balaban J connectivity index is 2.89. The van der Waals surface area contributed by atoms with Crippen molar-refractivity contribution in [1.29, 1.82) is 5.26 Å². The summed E-state index contributed by atoms with van der Waals surface area (Å²) in [5, 5.41) is 28.1. The highest BCUT2D eigenvalue weighted by atomic mass is 79.9. The van der Waals surface area contributed by atoms with E-state index < -0.39 is 18.0 Å². The summed E-state index contributed by atoms with van der Waals surface area (Å²) >= 11 is 3.12. The Morgan fingerprint density at radius 1 is 1.56 bits per heavy atom. The van der Waals surface area contributed by atoms with Crippen LogP contribution in [0.25, 0.3) is 0 Å². The first-order chi connectivity index (χ1) is 7.60. The number of aliphatic hydroxyl groups excluding tert-OH is 2. The fraction of sp³-hybridized carbons (Fsp3) is 0.400. The molecule has 1 aromatic rings. The SMILES string of the molecule is N#Cc1ncc(C(O)C(O)CCBr)cc1F. The molecule has 0 saturated carbocycles. The molecule has 2 N–H and O–H groups in total. The number of alkyl halides is 1. The maximum atomic E-state index is 13.2. The van der Waals surface area contributed by atoms with Crippen molar-refractivity contribution in [2.24, 2.45) is 0 Å². The molecular formula is C10H10BrFN2O2. The predicted octanol–water partition coefficient (Wildman–Crippen LogP) is 1.27. The number of aliphatic hydroxyl groups is 2. The molecule has 1 aromatic heterocycles. The van der Waals surface area contributed by atoms with Gasteiger partial charge in [-0.05, 0) is 12.5 Å². The van der Waals surface area contributed by atoms with Crippen LogP contribution in [0.1, 0.15) is 23.8 Å². The lowest BCUT2D eigenvalue weighted by atomic mass is 10.0. The van der Waals surface area contributed by atoms with Gasteiger partial charge in [0.25, 0.3) is 0 Å². The molecule has 0 bridgehead atoms. The van der Waals surface area contributed by atoms with Crippen LogP contribution >= 0.6 is 15.9 Å². The second-order valence-electron chi connectivity index (χ2n) is 3.20. The van der Waals surface area contributed by atoms with Crippen molar-refractivity contribution in [1.82, 2.24) is 4.98 Å². The van der Waals surface area contributed by atoms with E-state index in [4.69, 9.17) is 5.26 Å². The minimum absolute atomic E-state index is 0.157. The zero-order valence-corrected chi connectivity index (χ0v) is 9.85. The Hall–Kier alpha value is -1.03. The number of rotatable bonds is 4. The van der Waals surface area contributed by atoms with Crippen molar-refractivity contribution >= 4 is 15.9 Å². The third-order valence-corrected chi connectivity index (χ3v) is 2.54. The monoisotopic (exact) mass is 288 g/mol. The third kappa shape index (κ3) is 2.98. The van der Waals surface area contributed by atoms with E-state index in [9.17, 15) is 14.6 Å². The first-order valence-electron chi connectivity index (χ1n) is 4.57. The van der Waals surface area contributed by atoms with Crippen molar-refractivity contribution in [3.05, 3.63) is 29.3 Å². The van der Waals surface area contributed by atoms with Crippen LogP contribution in [-0.4, -0.2) is 26.6 Å². The molecule has 1 heterocycles. The first-order valence-corrected chi connectivity index (χ1v) is 5.70. The van der Waals surface area contributed by atoms with Gasteiger partial charge in [0.2, 0.25) is 0 Å². The predicted molar refractivity (Wildman–Crippen MR) is 58.3 cm³/mol. The molecule has 4 nitrogen and oxygen atoms in total. The van der Waals surface area contributed by atoms with Gasteiger partial charge in [0.1, 0.15) is 12.2 Å². The lowest BCUT2D eigenvalue weighted by molar-refractivity contribution is 0.0170. The third-order valence-electron chi connectivity index (χ3n) is 2.08. The lowest BCUT2D eigenvalue weighted by Gasteiger charge is -2.16. The number of pyridine rings is 1. The summed E-state index contributed by atoms with van der Waals surface area (Å²) in [5.74, 6) is -0.801. The smallest absolute Gasteiger partial charge is 0.176 e. The fourth-order valence-corrected chi connectivity index (χ4v) is 1.66. The van der Waals surface area contributed by atoms with Crippen LogP contribution in [0.2, 0.25) is 0 Å². The molecule has 0 aromatic carbocycles. The van der Waals surface area contributed by atoms with Crippen molar-refractivity contribution in [2.75, 3.05) is 5.33 Å². The van der Waals surface area contributed by atoms with Gasteiger partial charge in [-0.2, -0.15) is 5.26 Å². The van der Waals surface area contributed by atoms with Crippen LogP contribution in [0, 0.1) is 17.1 Å². The normalized spacial score (nSPS) is 14.2. The van der Waals surface area contributed by atoms with Crippen LogP contribution in [0.4, 0.5) is 4.39 Å². The van der Waals surface area contributed by atoms with Crippen molar-refractivity contribution < 1.29 is 14.6 Å². The summed E-state index contributed by atoms with van der Waals surface area (Å²) < 4.78 is 13.2. The Bertz CT molecular complexity index is 408. The van der Waals surface area contributed by atoms with E-state index in [0.717, 1.165) is 6.07 Å². The van der Waals surface area contributed by atoms with Crippen molar-refractivity contribution in [2.45, 2.75) is 18.6 Å². The average molecular weight is 289 g/mol. The fourth-order valence-electron chi connectivity index (χ4n) is 1.19. The number of hydrogen-bond donors (Lipinski definition) is 2. The maximum Gasteiger partial charge on any atom is 0.176 e. The summed E-state index contributed by atoms with van der Waals surface area (Å²) in [4.78, 5) is 3.54. The Labute approximate surface area is 100 Å². The molecule has 6 heteroatoms. The van der Waals surface area contributed by atoms with Crippen molar-refractivity contribution in [3.63, 3.8) is 0 Å². The molecule has 16 heavy (non-hydrogen) atoms. The Morgan fingerprint density at radius 3 is 2.75 bits per heavy atom. The largest absolute Gasteiger partial charge is 0.390 e. The summed E-state index contributed by atoms with van der Waals surface area (Å²) in [6.07, 6.45) is -0.673. The molecule has 0 spiro atoms. The topological polar surface area (TPSA) is 77.1 Å². The number of hydrogen-bond acceptors (Lipinski definition) is 4. The van der Waals surface area contributed by atoms with E-state index in [0.29, 0.717) is 11.8 Å². The standard InChI is InChI=1S/C10H10BrFN2O2/c11-2-1-9(15)10(16)6-3-7(12)8(4-13)14-5-6/h3,5,9-10,15-16H,1-2H2. The lowest BCUT2D eigenvalue weighted by Crippen LogP contribution is -2.19. The van der Waals surface area contributed by atoms with Gasteiger partial charge in [0.15, 0.2) is 11.5 Å². The molecule has 86 valence electrons. The quantitative estimate of drug-likeness (QED) is 0.818. The highest BCUT2D eigenvalue weighted by Crippen LogP contribution is 2.20. The van der Waals surface area contributed by atoms with E-state index in [1.54, 1.807) is 6.07 Å². The summed E-state index contributed by atoms with van der Waals surface area (Å²) in [6.45, 7) is 0. The van der Waals surface area contributed by atoms with Gasteiger partial charge in [-0.15, -0.1) is 0 Å². The van der Waals surface area contributed by atoms with Gasteiger partial charge in [-0.1, -0.05) is 15.9 Å². The van der Waals surface area contributed by atoms with Crippen LogP contribution in [-0.2, 0) is 0 Å². The van der Waals surface area contributed by atoms with Gasteiger partial charge in [-0.25, -0.2) is 9.37 Å². The molecule has 2 unspecified atom stereocenters. The molecule has 1 rings (SSSR count). The number of nitrogens with zero attached hydrogens (tertiary/aromatic N) is 2. The molecule has 0 aliphatic heterocycles. The van der Waals surface area contributed by atoms with Crippen LogP contribution < -0.4 is 0 Å². The van der Waals surface area contributed by atoms with E-state index in [1.165, 1.54) is 6.20 Å². The molecule has 2 atom stereocenters. The number of halogens is 2. The number of nitriles is 1. The molecule has 0 fully saturated rings. The highest BCUT2D eigenvalue weighted by molar-refractivity contribution is 9.09. The molecule has 0 saturated heterocycles. The highest BCUT2D eigenvalue weighted by Gasteiger charge is 2.19. The Kier molecular flexibility index (Phi) is 4.80. The van der Waals surface area contributed by atoms with Gasteiger partial charge in [0, 0.05) is 17.1 Å². The van der Waals surface area contributed by atoms with Gasteiger partial charge < -0.3 is 10.2 Å². The van der Waals surface area contributed by atoms with E-state index in [2.05, 4.69) is 20.9 Å². The minimum Gasteiger partial charge on any atom is -0.390 e. The summed E-state index contributed by atoms with van der Waals surface area (Å²) in [5.41, 5.74) is -0.170.